The van der Waals surface area contributed by atoms with Crippen LogP contribution in [0.5, 0.6) is 11.5 Å². The monoisotopic (exact) mass is 384 g/mol. The van der Waals surface area contributed by atoms with E-state index >= 15 is 0 Å². The van der Waals surface area contributed by atoms with Gasteiger partial charge in [0.25, 0.3) is 0 Å². The molecule has 0 bridgehead atoms. The number of hydrogen-bond donors (Lipinski definition) is 0. The summed E-state index contributed by atoms with van der Waals surface area (Å²) in [6.45, 7) is 6.18. The zero-order valence-corrected chi connectivity index (χ0v) is 16.8. The molecule has 1 amide bonds. The van der Waals surface area contributed by atoms with Crippen molar-refractivity contribution in [2.45, 2.75) is 39.5 Å². The average molecular weight is 384 g/mol. The standard InChI is InChI=1S/C22H28N2O4/c1-16(2)22(25)24(14-18-5-4-9-23-12-18)13-17-6-7-20(21(11-17)26-3)28-19-8-10-27-15-19/h4-7,9,11-12,16,19H,8,10,13-15H2,1-3H3. The molecule has 0 radical (unpaired) electrons. The second kappa shape index (κ2) is 9.55. The fourth-order valence-corrected chi connectivity index (χ4v) is 3.20. The topological polar surface area (TPSA) is 60.9 Å². The molecule has 1 aromatic carbocycles. The molecule has 1 saturated heterocycles. The number of rotatable bonds is 8. The van der Waals surface area contributed by atoms with Crippen molar-refractivity contribution in [1.29, 1.82) is 0 Å². The van der Waals surface area contributed by atoms with Crippen molar-refractivity contribution in [2.24, 2.45) is 5.92 Å². The van der Waals surface area contributed by atoms with Gasteiger partial charge in [0.1, 0.15) is 6.10 Å². The Kier molecular flexibility index (Phi) is 6.87. The minimum Gasteiger partial charge on any atom is -0.493 e. The normalized spacial score (nSPS) is 16.2. The molecule has 28 heavy (non-hydrogen) atoms. The van der Waals surface area contributed by atoms with Gasteiger partial charge in [-0.15, -0.1) is 0 Å². The third kappa shape index (κ3) is 5.23. The van der Waals surface area contributed by atoms with Crippen LogP contribution in [0.2, 0.25) is 0 Å². The number of nitrogens with zero attached hydrogens (tertiary/aromatic N) is 2. The van der Waals surface area contributed by atoms with E-state index in [1.807, 2.05) is 49.1 Å². The molecule has 0 N–H and O–H groups in total. The first-order valence-corrected chi connectivity index (χ1v) is 9.66. The molecule has 1 aliphatic rings. The zero-order valence-electron chi connectivity index (χ0n) is 16.8. The maximum atomic E-state index is 12.7. The maximum Gasteiger partial charge on any atom is 0.225 e. The Bertz CT molecular complexity index is 773. The lowest BCUT2D eigenvalue weighted by atomic mass is 10.1. The molecular formula is C22H28N2O4. The van der Waals surface area contributed by atoms with Gasteiger partial charge >= 0.3 is 0 Å². The Morgan fingerprint density at radius 1 is 1.25 bits per heavy atom. The highest BCUT2D eigenvalue weighted by atomic mass is 16.6. The quantitative estimate of drug-likeness (QED) is 0.698. The van der Waals surface area contributed by atoms with E-state index in [0.717, 1.165) is 24.2 Å². The number of amides is 1. The smallest absolute Gasteiger partial charge is 0.225 e. The predicted octanol–water partition coefficient (Wildman–Crippen LogP) is 3.44. The van der Waals surface area contributed by atoms with Gasteiger partial charge in [0.05, 0.1) is 20.3 Å². The first-order valence-electron chi connectivity index (χ1n) is 9.66. The summed E-state index contributed by atoms with van der Waals surface area (Å²) in [4.78, 5) is 18.7. The summed E-state index contributed by atoms with van der Waals surface area (Å²) in [5, 5.41) is 0. The van der Waals surface area contributed by atoms with Crippen molar-refractivity contribution < 1.29 is 19.0 Å². The van der Waals surface area contributed by atoms with E-state index in [1.165, 1.54) is 0 Å². The number of benzene rings is 1. The SMILES string of the molecule is COc1cc(CN(Cc2cccnc2)C(=O)C(C)C)ccc1OC1CCOC1. The molecule has 6 heteroatoms. The van der Waals surface area contributed by atoms with E-state index < -0.39 is 0 Å². The van der Waals surface area contributed by atoms with Gasteiger partial charge in [-0.3, -0.25) is 9.78 Å². The van der Waals surface area contributed by atoms with Crippen molar-refractivity contribution in [3.8, 4) is 11.5 Å². The molecule has 2 aromatic rings. The largest absolute Gasteiger partial charge is 0.493 e. The van der Waals surface area contributed by atoms with Crippen LogP contribution >= 0.6 is 0 Å². The molecule has 0 aliphatic carbocycles. The van der Waals surface area contributed by atoms with Crippen LogP contribution in [-0.4, -0.2) is 42.2 Å². The predicted molar refractivity (Wildman–Crippen MR) is 106 cm³/mol. The molecule has 150 valence electrons. The van der Waals surface area contributed by atoms with Crippen LogP contribution in [0, 0.1) is 5.92 Å². The third-order valence-corrected chi connectivity index (χ3v) is 4.68. The second-order valence-electron chi connectivity index (χ2n) is 7.30. The molecule has 0 spiro atoms. The molecule has 1 aliphatic heterocycles. The van der Waals surface area contributed by atoms with Gasteiger partial charge in [0.2, 0.25) is 5.91 Å². The number of methoxy groups -OCH3 is 1. The number of carbonyl (C=O) groups is 1. The lowest BCUT2D eigenvalue weighted by Gasteiger charge is -2.25. The molecule has 1 unspecified atom stereocenters. The van der Waals surface area contributed by atoms with Crippen molar-refractivity contribution in [3.05, 3.63) is 53.9 Å². The molecule has 6 nitrogen and oxygen atoms in total. The Morgan fingerprint density at radius 2 is 2.07 bits per heavy atom. The highest BCUT2D eigenvalue weighted by Crippen LogP contribution is 2.31. The molecule has 1 fully saturated rings. The number of aromatic nitrogens is 1. The van der Waals surface area contributed by atoms with Gasteiger partial charge in [-0.05, 0) is 29.3 Å². The van der Waals surface area contributed by atoms with E-state index in [2.05, 4.69) is 4.98 Å². The minimum absolute atomic E-state index is 0.0596. The van der Waals surface area contributed by atoms with Gasteiger partial charge in [0, 0.05) is 37.8 Å². The average Bonchev–Trinajstić information content (AvgIpc) is 3.21. The van der Waals surface area contributed by atoms with Crippen molar-refractivity contribution in [3.63, 3.8) is 0 Å². The van der Waals surface area contributed by atoms with Crippen LogP contribution in [-0.2, 0) is 22.6 Å². The molecule has 1 aromatic heterocycles. The Labute approximate surface area is 166 Å². The lowest BCUT2D eigenvalue weighted by Crippen LogP contribution is -2.33. The van der Waals surface area contributed by atoms with Crippen LogP contribution in [0.15, 0.2) is 42.7 Å². The summed E-state index contributed by atoms with van der Waals surface area (Å²) in [5.74, 6) is 1.40. The van der Waals surface area contributed by atoms with Crippen LogP contribution in [0.1, 0.15) is 31.4 Å². The summed E-state index contributed by atoms with van der Waals surface area (Å²) in [6, 6.07) is 9.70. The molecule has 3 rings (SSSR count). The van der Waals surface area contributed by atoms with Crippen LogP contribution in [0.3, 0.4) is 0 Å². The van der Waals surface area contributed by atoms with E-state index in [9.17, 15) is 4.79 Å². The van der Waals surface area contributed by atoms with Gasteiger partial charge in [-0.1, -0.05) is 26.0 Å². The lowest BCUT2D eigenvalue weighted by molar-refractivity contribution is -0.135. The summed E-state index contributed by atoms with van der Waals surface area (Å²) in [7, 11) is 1.63. The van der Waals surface area contributed by atoms with Gasteiger partial charge in [-0.2, -0.15) is 0 Å². The van der Waals surface area contributed by atoms with E-state index in [0.29, 0.717) is 31.2 Å². The van der Waals surface area contributed by atoms with E-state index in [-0.39, 0.29) is 17.9 Å². The van der Waals surface area contributed by atoms with Gasteiger partial charge in [-0.25, -0.2) is 0 Å². The molecule has 1 atom stereocenters. The summed E-state index contributed by atoms with van der Waals surface area (Å²) in [5.41, 5.74) is 1.99. The summed E-state index contributed by atoms with van der Waals surface area (Å²) >= 11 is 0. The number of hydrogen-bond acceptors (Lipinski definition) is 5. The summed E-state index contributed by atoms with van der Waals surface area (Å²) in [6.07, 6.45) is 4.47. The van der Waals surface area contributed by atoms with Gasteiger partial charge in [0.15, 0.2) is 11.5 Å². The van der Waals surface area contributed by atoms with Gasteiger partial charge < -0.3 is 19.1 Å². The number of pyridine rings is 1. The Balaban J connectivity index is 1.76. The van der Waals surface area contributed by atoms with E-state index in [4.69, 9.17) is 14.2 Å². The molecule has 0 saturated carbocycles. The van der Waals surface area contributed by atoms with E-state index in [1.54, 1.807) is 19.5 Å². The van der Waals surface area contributed by atoms with Crippen LogP contribution in [0.25, 0.3) is 0 Å². The number of carbonyl (C=O) groups excluding carboxylic acids is 1. The first kappa shape index (κ1) is 20.1. The molecule has 2 heterocycles. The Hall–Kier alpha value is -2.60. The van der Waals surface area contributed by atoms with Crippen LogP contribution in [0.4, 0.5) is 0 Å². The minimum atomic E-state index is -0.0801. The fraction of sp³-hybridized carbons (Fsp3) is 0.455. The van der Waals surface area contributed by atoms with Crippen LogP contribution < -0.4 is 9.47 Å². The highest BCUT2D eigenvalue weighted by molar-refractivity contribution is 5.78. The first-order chi connectivity index (χ1) is 13.6. The fourth-order valence-electron chi connectivity index (χ4n) is 3.20. The number of ether oxygens (including phenoxy) is 3. The van der Waals surface area contributed by atoms with Crippen molar-refractivity contribution >= 4 is 5.91 Å². The Morgan fingerprint density at radius 3 is 2.71 bits per heavy atom. The van der Waals surface area contributed by atoms with Crippen molar-refractivity contribution in [1.82, 2.24) is 9.88 Å². The zero-order chi connectivity index (χ0) is 19.9. The molecular weight excluding hydrogens is 356 g/mol. The highest BCUT2D eigenvalue weighted by Gasteiger charge is 2.21. The third-order valence-electron chi connectivity index (χ3n) is 4.68. The second-order valence-corrected chi connectivity index (χ2v) is 7.30. The van der Waals surface area contributed by atoms with Crippen molar-refractivity contribution in [2.75, 3.05) is 20.3 Å². The maximum absolute atomic E-state index is 12.7. The summed E-state index contributed by atoms with van der Waals surface area (Å²) < 4.78 is 16.9.